The van der Waals surface area contributed by atoms with Crippen LogP contribution in [0.3, 0.4) is 0 Å². The molecule has 1 unspecified atom stereocenters. The summed E-state index contributed by atoms with van der Waals surface area (Å²) in [6.07, 6.45) is 3.35. The van der Waals surface area contributed by atoms with E-state index < -0.39 is 44.9 Å². The van der Waals surface area contributed by atoms with Crippen molar-refractivity contribution in [3.63, 3.8) is 0 Å². The van der Waals surface area contributed by atoms with E-state index in [1.54, 1.807) is 44.6 Å². The highest BCUT2D eigenvalue weighted by atomic mass is 32.2. The summed E-state index contributed by atoms with van der Waals surface area (Å²) in [5.74, 6) is 0.533. The minimum Gasteiger partial charge on any atom is -0.496 e. The van der Waals surface area contributed by atoms with Crippen LogP contribution in [0.4, 0.5) is 16.3 Å². The number of ether oxygens (including phenoxy) is 4. The Kier molecular flexibility index (Phi) is 15.4. The highest BCUT2D eigenvalue weighted by molar-refractivity contribution is 7.90. The molecule has 4 aromatic rings. The van der Waals surface area contributed by atoms with Crippen LogP contribution in [-0.2, 0) is 42.0 Å². The van der Waals surface area contributed by atoms with Gasteiger partial charge in [0, 0.05) is 37.6 Å². The van der Waals surface area contributed by atoms with Gasteiger partial charge in [0.25, 0.3) is 10.0 Å². The summed E-state index contributed by atoms with van der Waals surface area (Å²) < 4.78 is 51.9. The molecule has 0 aliphatic heterocycles. The van der Waals surface area contributed by atoms with Crippen LogP contribution in [0.25, 0.3) is 11.0 Å². The molecule has 56 heavy (non-hydrogen) atoms. The van der Waals surface area contributed by atoms with Crippen LogP contribution in [0.15, 0.2) is 66.0 Å². The van der Waals surface area contributed by atoms with E-state index in [9.17, 15) is 18.0 Å². The summed E-state index contributed by atoms with van der Waals surface area (Å²) in [6.45, 7) is 17.3. The summed E-state index contributed by atoms with van der Waals surface area (Å²) in [6, 6.07) is 12.9. The first kappa shape index (κ1) is 46.0. The largest absolute Gasteiger partial charge is 0.496 e. The Bertz CT molecular complexity index is 2050. The molecule has 0 saturated carbocycles. The average Bonchev–Trinajstić information content (AvgIpc) is 3.47. The number of esters is 1. The van der Waals surface area contributed by atoms with E-state index in [-0.39, 0.29) is 37.2 Å². The van der Waals surface area contributed by atoms with Gasteiger partial charge in [-0.05, 0) is 111 Å². The van der Waals surface area contributed by atoms with Crippen molar-refractivity contribution in [2.45, 2.75) is 109 Å². The number of nitrogens with zero attached hydrogens (tertiary/aromatic N) is 4. The maximum Gasteiger partial charge on any atom is 0.410 e. The maximum atomic E-state index is 14.0. The fourth-order valence-corrected chi connectivity index (χ4v) is 6.86. The number of hydrogen-bond donors (Lipinski definition) is 2. The Balaban J connectivity index is 0.00000841. The highest BCUT2D eigenvalue weighted by Gasteiger charge is 2.28. The molecule has 0 fully saturated rings. The average molecular weight is 815 g/mol. The van der Waals surface area contributed by atoms with Crippen LogP contribution in [0.1, 0.15) is 79.9 Å². The number of amides is 1. The molecule has 1 amide bonds. The Morgan fingerprint density at radius 2 is 1.55 bits per heavy atom. The lowest BCUT2D eigenvalue weighted by Gasteiger charge is -2.27. The molecule has 0 spiro atoms. The van der Waals surface area contributed by atoms with Gasteiger partial charge in [-0.15, -0.1) is 0 Å². The number of nitrogens with one attached hydrogen (secondary N) is 2. The van der Waals surface area contributed by atoms with Crippen LogP contribution >= 0.6 is 13.5 Å². The van der Waals surface area contributed by atoms with E-state index in [0.29, 0.717) is 47.6 Å². The van der Waals surface area contributed by atoms with Crippen molar-refractivity contribution in [3.8, 4) is 5.75 Å². The number of aromatic nitrogens is 3. The SMILES string of the molecule is COc1ccc(Nc2ncnc3c2c(CCCN(C)C(=O)OC(C)(C)C)cn3S(=O)(=O)c2ccccc2)cc1CNC(COC(C)(C)C)C(=O)OC(C)(C)C.S. The van der Waals surface area contributed by atoms with Gasteiger partial charge in [0.05, 0.1) is 29.6 Å². The van der Waals surface area contributed by atoms with Crippen LogP contribution in [0.2, 0.25) is 0 Å². The van der Waals surface area contributed by atoms with Crippen molar-refractivity contribution < 1.29 is 37.0 Å². The number of benzene rings is 2. The molecule has 0 radical (unpaired) electrons. The molecule has 0 bridgehead atoms. The number of fused-ring (bicyclic) bond motifs is 1. The Morgan fingerprint density at radius 1 is 0.893 bits per heavy atom. The zero-order valence-corrected chi connectivity index (χ0v) is 36.2. The van der Waals surface area contributed by atoms with Crippen LogP contribution < -0.4 is 15.4 Å². The minimum atomic E-state index is -4.03. The number of aryl methyl sites for hydroxylation is 1. The lowest BCUT2D eigenvalue weighted by atomic mass is 10.1. The fraction of sp³-hybridized carbons (Fsp3) is 0.500. The van der Waals surface area contributed by atoms with Crippen molar-refractivity contribution in [1.29, 1.82) is 0 Å². The van der Waals surface area contributed by atoms with E-state index >= 15 is 0 Å². The summed E-state index contributed by atoms with van der Waals surface area (Å²) in [5, 5.41) is 7.17. The second kappa shape index (κ2) is 18.7. The molecule has 2 aromatic carbocycles. The number of anilines is 2. The van der Waals surface area contributed by atoms with Gasteiger partial charge >= 0.3 is 12.1 Å². The smallest absolute Gasteiger partial charge is 0.410 e. The van der Waals surface area contributed by atoms with Crippen LogP contribution in [-0.4, -0.2) is 89.5 Å². The summed E-state index contributed by atoms with van der Waals surface area (Å²) in [5.41, 5.74) is 0.438. The first-order valence-corrected chi connectivity index (χ1v) is 19.7. The van der Waals surface area contributed by atoms with Crippen molar-refractivity contribution in [3.05, 3.63) is 72.2 Å². The maximum absolute atomic E-state index is 14.0. The van der Waals surface area contributed by atoms with Gasteiger partial charge in [-0.2, -0.15) is 13.5 Å². The van der Waals surface area contributed by atoms with E-state index in [4.69, 9.17) is 18.9 Å². The molecule has 4 rings (SSSR count). The highest BCUT2D eigenvalue weighted by Crippen LogP contribution is 2.33. The first-order valence-electron chi connectivity index (χ1n) is 18.2. The molecule has 16 heteroatoms. The van der Waals surface area contributed by atoms with Gasteiger partial charge in [0.1, 0.15) is 35.1 Å². The third-order valence-corrected chi connectivity index (χ3v) is 9.70. The molecule has 2 N–H and O–H groups in total. The monoisotopic (exact) mass is 814 g/mol. The predicted octanol–water partition coefficient (Wildman–Crippen LogP) is 6.95. The molecule has 0 saturated heterocycles. The van der Waals surface area contributed by atoms with Crippen molar-refractivity contribution in [1.82, 2.24) is 24.2 Å². The Labute approximate surface area is 338 Å². The number of carbonyl (C=O) groups excluding carboxylic acids is 2. The van der Waals surface area contributed by atoms with Gasteiger partial charge in [0.2, 0.25) is 0 Å². The fourth-order valence-electron chi connectivity index (χ4n) is 5.50. The van der Waals surface area contributed by atoms with Gasteiger partial charge in [-0.25, -0.2) is 27.2 Å². The summed E-state index contributed by atoms with van der Waals surface area (Å²) >= 11 is 0. The van der Waals surface area contributed by atoms with E-state index in [0.717, 1.165) is 5.56 Å². The number of rotatable bonds is 15. The van der Waals surface area contributed by atoms with Gasteiger partial charge in [-0.3, -0.25) is 10.1 Å². The molecular weight excluding hydrogens is 757 g/mol. The molecule has 0 aliphatic carbocycles. The molecule has 0 aliphatic rings. The standard InChI is InChI=1S/C40H56N6O8S.H2S/c1-38(2,3)52-25-31(36(47)53-39(4,5)6)41-23-28-22-29(19-20-32(28)51-11)44-34-33-27(16-15-21-45(10)37(48)54-40(7,8)9)24-46(35(33)43-26-42-34)55(49,50)30-17-13-12-14-18-30;/h12-14,17-20,22,24,26,31,41H,15-16,21,23,25H2,1-11H3,(H,42,43,44);1H2. The summed E-state index contributed by atoms with van der Waals surface area (Å²) in [4.78, 5) is 36.4. The zero-order chi connectivity index (χ0) is 40.8. The van der Waals surface area contributed by atoms with Gasteiger partial charge in [-0.1, -0.05) is 18.2 Å². The van der Waals surface area contributed by atoms with Crippen molar-refractivity contribution in [2.75, 3.05) is 32.6 Å². The third kappa shape index (κ3) is 12.8. The van der Waals surface area contributed by atoms with Gasteiger partial charge in [0.15, 0.2) is 5.65 Å². The number of hydrogen-bond acceptors (Lipinski definition) is 12. The normalized spacial score (nSPS) is 12.8. The predicted molar refractivity (Wildman–Crippen MR) is 223 cm³/mol. The molecule has 308 valence electrons. The molecular formula is C40H58N6O8S2. The molecule has 1 atom stereocenters. The second-order valence-corrected chi connectivity index (χ2v) is 18.1. The van der Waals surface area contributed by atoms with E-state index in [2.05, 4.69) is 20.6 Å². The first-order chi connectivity index (χ1) is 25.6. The zero-order valence-electron chi connectivity index (χ0n) is 34.3. The Morgan fingerprint density at radius 3 is 2.16 bits per heavy atom. The number of methoxy groups -OCH3 is 1. The lowest BCUT2D eigenvalue weighted by Crippen LogP contribution is -2.45. The van der Waals surface area contributed by atoms with Gasteiger partial charge < -0.3 is 29.2 Å². The molecule has 2 aromatic heterocycles. The van der Waals surface area contributed by atoms with E-state index in [1.807, 2.05) is 74.4 Å². The van der Waals surface area contributed by atoms with Crippen LogP contribution in [0, 0.1) is 0 Å². The Hall–Kier alpha value is -4.38. The minimum absolute atomic E-state index is 0. The quantitative estimate of drug-likeness (QED) is 0.119. The van der Waals surface area contributed by atoms with Crippen LogP contribution in [0.5, 0.6) is 5.75 Å². The molecule has 2 heterocycles. The lowest BCUT2D eigenvalue weighted by molar-refractivity contribution is -0.160. The van der Waals surface area contributed by atoms with Crippen molar-refractivity contribution in [2.24, 2.45) is 0 Å². The van der Waals surface area contributed by atoms with Crippen molar-refractivity contribution >= 4 is 58.1 Å². The van der Waals surface area contributed by atoms with E-state index in [1.165, 1.54) is 27.3 Å². The number of carbonyl (C=O) groups is 2. The topological polar surface area (TPSA) is 163 Å². The summed E-state index contributed by atoms with van der Waals surface area (Å²) in [7, 11) is -0.803. The third-order valence-electron chi connectivity index (χ3n) is 8.03. The second-order valence-electron chi connectivity index (χ2n) is 16.2. The molecule has 14 nitrogen and oxygen atoms in total.